The van der Waals surface area contributed by atoms with E-state index in [0.717, 1.165) is 28.8 Å². The Morgan fingerprint density at radius 1 is 1.12 bits per heavy atom. The summed E-state index contributed by atoms with van der Waals surface area (Å²) in [5.41, 5.74) is -2.11. The molecular formula is C32H31ClF5N7O4. The molecule has 3 aliphatic rings. The van der Waals surface area contributed by atoms with E-state index in [1.165, 1.54) is 4.57 Å². The molecule has 2 aromatic heterocycles. The molecule has 0 saturated carbocycles. The van der Waals surface area contributed by atoms with Gasteiger partial charge in [-0.05, 0) is 63.2 Å². The summed E-state index contributed by atoms with van der Waals surface area (Å²) in [6.07, 6.45) is -4.41. The smallest absolute Gasteiger partial charge is 0.379 e. The maximum atomic E-state index is 15.6. The summed E-state index contributed by atoms with van der Waals surface area (Å²) in [7, 11) is 0. The number of benzene rings is 2. The molecule has 0 aliphatic carbocycles. The van der Waals surface area contributed by atoms with E-state index >= 15 is 8.78 Å². The number of carbonyl (C=O) groups excluding carboxylic acids is 1. The molecule has 0 bridgehead atoms. The van der Waals surface area contributed by atoms with Crippen LogP contribution in [0.4, 0.5) is 27.6 Å². The molecule has 4 aromatic rings. The van der Waals surface area contributed by atoms with E-state index in [9.17, 15) is 22.8 Å². The van der Waals surface area contributed by atoms with Crippen molar-refractivity contribution in [3.8, 4) is 11.4 Å². The fourth-order valence-electron chi connectivity index (χ4n) is 6.85. The zero-order valence-electron chi connectivity index (χ0n) is 26.2. The monoisotopic (exact) mass is 707 g/mol. The third kappa shape index (κ3) is 6.20. The summed E-state index contributed by atoms with van der Waals surface area (Å²) in [6.45, 7) is 4.66. The fourth-order valence-corrected chi connectivity index (χ4v) is 7.08. The van der Waals surface area contributed by atoms with Gasteiger partial charge in [-0.1, -0.05) is 11.6 Å². The van der Waals surface area contributed by atoms with Gasteiger partial charge in [-0.25, -0.2) is 8.78 Å². The minimum atomic E-state index is -4.63. The Bertz CT molecular complexity index is 2000. The van der Waals surface area contributed by atoms with Crippen molar-refractivity contribution in [3.63, 3.8) is 0 Å². The number of alkyl halides is 3. The number of ether oxygens (including phenoxy) is 2. The SMILES string of the molecule is CC1OC2(CCNCC2)c2c1n(CC(=O)Nc1ccc(C(F)(F)F)cc1Cl)c1nc(-c3cc(F)c(CN4CCOCC4)cc3F)nn1c2=O. The summed E-state index contributed by atoms with van der Waals surface area (Å²) >= 11 is 6.09. The molecule has 49 heavy (non-hydrogen) atoms. The molecule has 1 amide bonds. The standard InChI is InChI=1S/C32H31ClF5N7O4/c1-17-27-26(31(49-17)4-6-39-7-5-31)29(47)45-30(44(27)16-25(46)40-24-3-2-19(13-21(24)33)32(36,37)38)41-28(42-45)20-14-22(34)18(12-23(20)35)15-43-8-10-48-11-9-43/h2-3,12-14,17,39H,4-11,15-16H2,1H3,(H,40,46). The Balaban J connectivity index is 1.30. The summed E-state index contributed by atoms with van der Waals surface area (Å²) < 4.78 is 84.6. The number of nitrogens with one attached hydrogen (secondary N) is 2. The first-order valence-corrected chi connectivity index (χ1v) is 16.1. The quantitative estimate of drug-likeness (QED) is 0.279. The van der Waals surface area contributed by atoms with E-state index in [2.05, 4.69) is 20.7 Å². The van der Waals surface area contributed by atoms with E-state index in [-0.39, 0.29) is 45.5 Å². The summed E-state index contributed by atoms with van der Waals surface area (Å²) in [4.78, 5) is 34.0. The first-order chi connectivity index (χ1) is 23.3. The first kappa shape index (κ1) is 33.5. The maximum Gasteiger partial charge on any atom is 0.416 e. The van der Waals surface area contributed by atoms with Crippen LogP contribution >= 0.6 is 11.6 Å². The van der Waals surface area contributed by atoms with Crippen LogP contribution in [0.15, 0.2) is 35.1 Å². The Morgan fingerprint density at radius 3 is 2.55 bits per heavy atom. The number of aromatic nitrogens is 4. The minimum Gasteiger partial charge on any atom is -0.379 e. The van der Waals surface area contributed by atoms with Gasteiger partial charge in [0.1, 0.15) is 23.8 Å². The number of fused-ring (bicyclic) bond motifs is 3. The van der Waals surface area contributed by atoms with E-state index in [1.54, 1.807) is 6.92 Å². The van der Waals surface area contributed by atoms with Gasteiger partial charge in [0.25, 0.3) is 5.56 Å². The zero-order chi connectivity index (χ0) is 34.7. The number of anilines is 1. The average molecular weight is 708 g/mol. The van der Waals surface area contributed by atoms with Crippen LogP contribution < -0.4 is 16.2 Å². The van der Waals surface area contributed by atoms with Crippen LogP contribution in [0.1, 0.15) is 48.3 Å². The summed E-state index contributed by atoms with van der Waals surface area (Å²) in [5, 5.41) is 9.75. The highest BCUT2D eigenvalue weighted by atomic mass is 35.5. The first-order valence-electron chi connectivity index (χ1n) is 15.7. The predicted octanol–water partition coefficient (Wildman–Crippen LogP) is 4.65. The van der Waals surface area contributed by atoms with Crippen molar-refractivity contribution in [1.29, 1.82) is 0 Å². The Labute approximate surface area is 280 Å². The number of rotatable bonds is 6. The van der Waals surface area contributed by atoms with Crippen molar-refractivity contribution >= 4 is 29.0 Å². The van der Waals surface area contributed by atoms with Crippen LogP contribution in [-0.2, 0) is 39.1 Å². The van der Waals surface area contributed by atoms with E-state index in [4.69, 9.17) is 21.1 Å². The van der Waals surface area contributed by atoms with Crippen LogP contribution in [0, 0.1) is 11.6 Å². The van der Waals surface area contributed by atoms with E-state index < -0.39 is 53.1 Å². The number of carbonyl (C=O) groups is 1. The second kappa shape index (κ2) is 12.7. The van der Waals surface area contributed by atoms with Gasteiger partial charge in [-0.15, -0.1) is 5.10 Å². The van der Waals surface area contributed by atoms with Gasteiger partial charge in [0.2, 0.25) is 11.7 Å². The second-order valence-electron chi connectivity index (χ2n) is 12.4. The van der Waals surface area contributed by atoms with Gasteiger partial charge in [-0.2, -0.15) is 22.7 Å². The van der Waals surface area contributed by atoms with Crippen LogP contribution in [0.2, 0.25) is 5.02 Å². The second-order valence-corrected chi connectivity index (χ2v) is 12.8. The van der Waals surface area contributed by atoms with Gasteiger partial charge in [0.15, 0.2) is 5.82 Å². The molecule has 2 N–H and O–H groups in total. The number of piperidine rings is 1. The minimum absolute atomic E-state index is 0.0654. The maximum absolute atomic E-state index is 15.6. The van der Waals surface area contributed by atoms with Crippen molar-refractivity contribution in [2.75, 3.05) is 44.7 Å². The molecule has 2 saturated heterocycles. The van der Waals surface area contributed by atoms with Crippen molar-refractivity contribution in [3.05, 3.63) is 79.7 Å². The highest BCUT2D eigenvalue weighted by molar-refractivity contribution is 6.33. The van der Waals surface area contributed by atoms with Crippen molar-refractivity contribution in [2.24, 2.45) is 0 Å². The molecule has 17 heteroatoms. The van der Waals surface area contributed by atoms with E-state index in [0.29, 0.717) is 64.0 Å². The van der Waals surface area contributed by atoms with Gasteiger partial charge in [0.05, 0.1) is 52.4 Å². The van der Waals surface area contributed by atoms with Gasteiger partial charge < -0.3 is 24.7 Å². The van der Waals surface area contributed by atoms with Gasteiger partial charge >= 0.3 is 6.18 Å². The van der Waals surface area contributed by atoms with Crippen LogP contribution in [-0.4, -0.2) is 69.4 Å². The van der Waals surface area contributed by atoms with E-state index in [1.807, 2.05) is 4.90 Å². The third-order valence-electron chi connectivity index (χ3n) is 9.19. The number of amides is 1. The molecule has 5 heterocycles. The van der Waals surface area contributed by atoms with Crippen LogP contribution in [0.5, 0.6) is 0 Å². The lowest BCUT2D eigenvalue weighted by molar-refractivity contribution is -0.137. The highest BCUT2D eigenvalue weighted by Gasteiger charge is 2.49. The van der Waals surface area contributed by atoms with Crippen LogP contribution in [0.25, 0.3) is 17.2 Å². The molecular weight excluding hydrogens is 677 g/mol. The lowest BCUT2D eigenvalue weighted by Gasteiger charge is -2.33. The van der Waals surface area contributed by atoms with Crippen molar-refractivity contribution in [2.45, 2.75) is 50.7 Å². The normalized spacial score (nSPS) is 19.4. The molecule has 1 atom stereocenters. The Morgan fingerprint density at radius 2 is 1.86 bits per heavy atom. The Hall–Kier alpha value is -3.96. The predicted molar refractivity (Wildman–Crippen MR) is 167 cm³/mol. The lowest BCUT2D eigenvalue weighted by atomic mass is 9.86. The number of hydrogen-bond acceptors (Lipinski definition) is 8. The molecule has 3 aliphatic heterocycles. The highest BCUT2D eigenvalue weighted by Crippen LogP contribution is 2.47. The molecule has 1 spiro atoms. The third-order valence-corrected chi connectivity index (χ3v) is 9.50. The van der Waals surface area contributed by atoms with Crippen molar-refractivity contribution < 1.29 is 36.2 Å². The molecule has 260 valence electrons. The average Bonchev–Trinajstić information content (AvgIpc) is 3.62. The number of halogens is 6. The molecule has 1 unspecified atom stereocenters. The van der Waals surface area contributed by atoms with Gasteiger partial charge in [-0.3, -0.25) is 14.5 Å². The molecule has 0 radical (unpaired) electrons. The zero-order valence-corrected chi connectivity index (χ0v) is 26.9. The van der Waals surface area contributed by atoms with Crippen LogP contribution in [0.3, 0.4) is 0 Å². The van der Waals surface area contributed by atoms with Gasteiger partial charge in [0, 0.05) is 25.2 Å². The molecule has 11 nitrogen and oxygen atoms in total. The summed E-state index contributed by atoms with van der Waals surface area (Å²) in [6, 6.07) is 4.60. The topological polar surface area (TPSA) is 115 Å². The fraction of sp³-hybridized carbons (Fsp3) is 0.438. The Kier molecular flexibility index (Phi) is 8.71. The number of morpholine rings is 1. The molecule has 7 rings (SSSR count). The lowest BCUT2D eigenvalue weighted by Crippen LogP contribution is -2.43. The largest absolute Gasteiger partial charge is 0.416 e. The molecule has 2 aromatic carbocycles. The summed E-state index contributed by atoms with van der Waals surface area (Å²) in [5.74, 6) is -2.59. The molecule has 2 fully saturated rings. The number of nitrogens with zero attached hydrogens (tertiary/aromatic N) is 5. The number of hydrogen-bond donors (Lipinski definition) is 2. The van der Waals surface area contributed by atoms with Crippen molar-refractivity contribution in [1.82, 2.24) is 29.4 Å².